The standard InChI is InChI=1S/C15H22O3/c1-3-8-14(18-15(16)9-4-2)12-17-13-10-6-5-7-11-13/h5-7,10-11,14H,3-4,8-9,12H2,1-2H3/t14-/m1/s1. The lowest BCUT2D eigenvalue weighted by atomic mass is 10.2. The minimum Gasteiger partial charge on any atom is -0.490 e. The zero-order valence-electron chi connectivity index (χ0n) is 11.2. The number of benzene rings is 1. The highest BCUT2D eigenvalue weighted by molar-refractivity contribution is 5.69. The summed E-state index contributed by atoms with van der Waals surface area (Å²) in [7, 11) is 0. The number of carbonyl (C=O) groups is 1. The third-order valence-corrected chi connectivity index (χ3v) is 2.54. The zero-order valence-corrected chi connectivity index (χ0v) is 11.2. The molecular formula is C15H22O3. The average Bonchev–Trinajstić information content (AvgIpc) is 2.38. The molecule has 0 saturated heterocycles. The molecule has 3 nitrogen and oxygen atoms in total. The van der Waals surface area contributed by atoms with E-state index in [1.165, 1.54) is 0 Å². The maximum atomic E-state index is 11.5. The summed E-state index contributed by atoms with van der Waals surface area (Å²) in [4.78, 5) is 11.5. The van der Waals surface area contributed by atoms with Crippen molar-refractivity contribution in [2.45, 2.75) is 45.6 Å². The first kappa shape index (κ1) is 14.6. The van der Waals surface area contributed by atoms with Gasteiger partial charge in [-0.3, -0.25) is 4.79 Å². The van der Waals surface area contributed by atoms with Gasteiger partial charge >= 0.3 is 5.97 Å². The van der Waals surface area contributed by atoms with Crippen molar-refractivity contribution < 1.29 is 14.3 Å². The Balaban J connectivity index is 2.40. The molecule has 0 unspecified atom stereocenters. The number of para-hydroxylation sites is 1. The van der Waals surface area contributed by atoms with E-state index in [1.807, 2.05) is 37.3 Å². The first-order chi connectivity index (χ1) is 8.76. The maximum absolute atomic E-state index is 11.5. The van der Waals surface area contributed by atoms with Crippen molar-refractivity contribution >= 4 is 5.97 Å². The van der Waals surface area contributed by atoms with Crippen molar-refractivity contribution in [1.29, 1.82) is 0 Å². The highest BCUT2D eigenvalue weighted by Gasteiger charge is 2.13. The average molecular weight is 250 g/mol. The minimum absolute atomic E-state index is 0.132. The molecule has 18 heavy (non-hydrogen) atoms. The van der Waals surface area contributed by atoms with Crippen LogP contribution in [0.2, 0.25) is 0 Å². The Bertz CT molecular complexity index is 335. The second kappa shape index (κ2) is 8.56. The largest absolute Gasteiger partial charge is 0.490 e. The van der Waals surface area contributed by atoms with Gasteiger partial charge in [0.25, 0.3) is 0 Å². The van der Waals surface area contributed by atoms with Gasteiger partial charge in [-0.2, -0.15) is 0 Å². The van der Waals surface area contributed by atoms with Crippen LogP contribution in [0.4, 0.5) is 0 Å². The predicted molar refractivity (Wildman–Crippen MR) is 71.6 cm³/mol. The fourth-order valence-electron chi connectivity index (χ4n) is 1.65. The molecular weight excluding hydrogens is 228 g/mol. The van der Waals surface area contributed by atoms with Gasteiger partial charge in [-0.15, -0.1) is 0 Å². The van der Waals surface area contributed by atoms with Crippen LogP contribution in [0, 0.1) is 0 Å². The molecule has 100 valence electrons. The van der Waals surface area contributed by atoms with Crippen molar-refractivity contribution in [2.24, 2.45) is 0 Å². The number of carbonyl (C=O) groups excluding carboxylic acids is 1. The lowest BCUT2D eigenvalue weighted by Gasteiger charge is -2.17. The van der Waals surface area contributed by atoms with Crippen LogP contribution >= 0.6 is 0 Å². The molecule has 0 fully saturated rings. The second-order valence-electron chi connectivity index (χ2n) is 4.27. The molecule has 0 aliphatic rings. The van der Waals surface area contributed by atoms with E-state index in [0.717, 1.165) is 25.0 Å². The van der Waals surface area contributed by atoms with Gasteiger partial charge < -0.3 is 9.47 Å². The van der Waals surface area contributed by atoms with E-state index in [4.69, 9.17) is 9.47 Å². The Hall–Kier alpha value is -1.51. The fourth-order valence-corrected chi connectivity index (χ4v) is 1.65. The van der Waals surface area contributed by atoms with E-state index < -0.39 is 0 Å². The Morgan fingerprint density at radius 3 is 2.50 bits per heavy atom. The van der Waals surface area contributed by atoms with E-state index >= 15 is 0 Å². The van der Waals surface area contributed by atoms with Crippen LogP contribution in [0.3, 0.4) is 0 Å². The van der Waals surface area contributed by atoms with Gasteiger partial charge in [0.05, 0.1) is 0 Å². The van der Waals surface area contributed by atoms with Crippen LogP contribution in [0.15, 0.2) is 30.3 Å². The van der Waals surface area contributed by atoms with Crippen LogP contribution in [-0.2, 0) is 9.53 Å². The molecule has 0 spiro atoms. The third kappa shape index (κ3) is 5.71. The van der Waals surface area contributed by atoms with Crippen molar-refractivity contribution in [2.75, 3.05) is 6.61 Å². The zero-order chi connectivity index (χ0) is 13.2. The Kier molecular flexibility index (Phi) is 6.92. The molecule has 1 rings (SSSR count). The molecule has 0 radical (unpaired) electrons. The monoisotopic (exact) mass is 250 g/mol. The predicted octanol–water partition coefficient (Wildman–Crippen LogP) is 3.58. The number of hydrogen-bond donors (Lipinski definition) is 0. The molecule has 0 N–H and O–H groups in total. The fraction of sp³-hybridized carbons (Fsp3) is 0.533. The summed E-state index contributed by atoms with van der Waals surface area (Å²) in [5, 5.41) is 0. The summed E-state index contributed by atoms with van der Waals surface area (Å²) in [5.74, 6) is 0.678. The number of rotatable bonds is 8. The summed E-state index contributed by atoms with van der Waals surface area (Å²) < 4.78 is 11.0. The lowest BCUT2D eigenvalue weighted by molar-refractivity contribution is -0.151. The molecule has 1 aromatic rings. The molecule has 3 heteroatoms. The van der Waals surface area contributed by atoms with Gasteiger partial charge in [0.2, 0.25) is 0 Å². The molecule has 1 atom stereocenters. The van der Waals surface area contributed by atoms with Gasteiger partial charge in [-0.05, 0) is 25.0 Å². The number of ether oxygens (including phenoxy) is 2. The third-order valence-electron chi connectivity index (χ3n) is 2.54. The van der Waals surface area contributed by atoms with Crippen molar-refractivity contribution in [3.63, 3.8) is 0 Å². The number of esters is 1. The van der Waals surface area contributed by atoms with Gasteiger partial charge in [0.15, 0.2) is 0 Å². The highest BCUT2D eigenvalue weighted by Crippen LogP contribution is 2.11. The van der Waals surface area contributed by atoms with E-state index in [9.17, 15) is 4.79 Å². The summed E-state index contributed by atoms with van der Waals surface area (Å²) in [6, 6.07) is 9.59. The van der Waals surface area contributed by atoms with Crippen molar-refractivity contribution in [3.8, 4) is 5.75 Å². The normalized spacial score (nSPS) is 11.9. The molecule has 1 aromatic carbocycles. The maximum Gasteiger partial charge on any atom is 0.306 e. The smallest absolute Gasteiger partial charge is 0.306 e. The van der Waals surface area contributed by atoms with Crippen LogP contribution in [-0.4, -0.2) is 18.7 Å². The summed E-state index contributed by atoms with van der Waals surface area (Å²) in [6.45, 7) is 4.47. The Morgan fingerprint density at radius 1 is 1.17 bits per heavy atom. The second-order valence-corrected chi connectivity index (χ2v) is 4.27. The van der Waals surface area contributed by atoms with Crippen LogP contribution < -0.4 is 4.74 Å². The quantitative estimate of drug-likeness (QED) is 0.661. The highest BCUT2D eigenvalue weighted by atomic mass is 16.6. The van der Waals surface area contributed by atoms with Gasteiger partial charge in [0, 0.05) is 6.42 Å². The van der Waals surface area contributed by atoms with E-state index in [0.29, 0.717) is 13.0 Å². The minimum atomic E-state index is -0.144. The summed E-state index contributed by atoms with van der Waals surface area (Å²) in [5.41, 5.74) is 0. The first-order valence-corrected chi connectivity index (χ1v) is 6.63. The molecule has 0 saturated carbocycles. The molecule has 0 aliphatic carbocycles. The lowest BCUT2D eigenvalue weighted by Crippen LogP contribution is -2.24. The van der Waals surface area contributed by atoms with Crippen molar-refractivity contribution in [1.82, 2.24) is 0 Å². The molecule has 0 heterocycles. The van der Waals surface area contributed by atoms with Gasteiger partial charge in [0.1, 0.15) is 18.5 Å². The van der Waals surface area contributed by atoms with E-state index in [2.05, 4.69) is 6.92 Å². The molecule has 0 aliphatic heterocycles. The molecule has 0 aromatic heterocycles. The van der Waals surface area contributed by atoms with E-state index in [-0.39, 0.29) is 12.1 Å². The topological polar surface area (TPSA) is 35.5 Å². The van der Waals surface area contributed by atoms with Gasteiger partial charge in [-0.1, -0.05) is 38.5 Å². The number of hydrogen-bond acceptors (Lipinski definition) is 3. The Labute approximate surface area is 109 Å². The van der Waals surface area contributed by atoms with E-state index in [1.54, 1.807) is 0 Å². The van der Waals surface area contributed by atoms with Crippen LogP contribution in [0.1, 0.15) is 39.5 Å². The van der Waals surface area contributed by atoms with Crippen LogP contribution in [0.5, 0.6) is 5.75 Å². The molecule has 0 bridgehead atoms. The van der Waals surface area contributed by atoms with Crippen molar-refractivity contribution in [3.05, 3.63) is 30.3 Å². The molecule has 0 amide bonds. The summed E-state index contributed by atoms with van der Waals surface area (Å²) >= 11 is 0. The van der Waals surface area contributed by atoms with Gasteiger partial charge in [-0.25, -0.2) is 0 Å². The Morgan fingerprint density at radius 2 is 1.89 bits per heavy atom. The summed E-state index contributed by atoms with van der Waals surface area (Å²) in [6.07, 6.45) is 2.96. The van der Waals surface area contributed by atoms with Crippen LogP contribution in [0.25, 0.3) is 0 Å². The first-order valence-electron chi connectivity index (χ1n) is 6.63. The SMILES string of the molecule is CCCC(=O)O[C@H](CCC)COc1ccccc1.